The van der Waals surface area contributed by atoms with Gasteiger partial charge in [-0.15, -0.1) is 0 Å². The van der Waals surface area contributed by atoms with Crippen LogP contribution < -0.4 is 10.1 Å². The number of benzene rings is 1. The van der Waals surface area contributed by atoms with Crippen LogP contribution in [0.15, 0.2) is 24.3 Å². The minimum Gasteiger partial charge on any atom is -0.494 e. The van der Waals surface area contributed by atoms with Crippen molar-refractivity contribution in [3.63, 3.8) is 0 Å². The quantitative estimate of drug-likeness (QED) is 0.620. The molecular formula is C18H26N2O3. The molecule has 5 nitrogen and oxygen atoms in total. The number of amides is 3. The molecule has 1 heterocycles. The van der Waals surface area contributed by atoms with Crippen LogP contribution in [0.1, 0.15) is 45.6 Å². The summed E-state index contributed by atoms with van der Waals surface area (Å²) >= 11 is 0. The molecule has 23 heavy (non-hydrogen) atoms. The molecule has 1 aromatic carbocycles. The van der Waals surface area contributed by atoms with Gasteiger partial charge in [0.05, 0.1) is 6.61 Å². The summed E-state index contributed by atoms with van der Waals surface area (Å²) in [5, 5.41) is 2.73. The highest BCUT2D eigenvalue weighted by Crippen LogP contribution is 2.29. The molecule has 1 N–H and O–H groups in total. The zero-order valence-electron chi connectivity index (χ0n) is 14.4. The van der Waals surface area contributed by atoms with E-state index >= 15 is 0 Å². The molecule has 1 aromatic rings. The van der Waals surface area contributed by atoms with Gasteiger partial charge < -0.3 is 10.1 Å². The summed E-state index contributed by atoms with van der Waals surface area (Å²) in [4.78, 5) is 25.0. The monoisotopic (exact) mass is 318 g/mol. The smallest absolute Gasteiger partial charge is 0.325 e. The topological polar surface area (TPSA) is 58.6 Å². The van der Waals surface area contributed by atoms with Gasteiger partial charge in [-0.1, -0.05) is 32.4 Å². The van der Waals surface area contributed by atoms with Gasteiger partial charge in [-0.25, -0.2) is 4.79 Å². The van der Waals surface area contributed by atoms with Crippen LogP contribution in [0.25, 0.3) is 0 Å². The zero-order valence-corrected chi connectivity index (χ0v) is 14.4. The lowest BCUT2D eigenvalue weighted by atomic mass is 9.92. The number of unbranched alkanes of at least 4 members (excludes halogenated alkanes) is 1. The number of nitrogens with zero attached hydrogens (tertiary/aromatic N) is 1. The van der Waals surface area contributed by atoms with Crippen LogP contribution in [0.2, 0.25) is 0 Å². The maximum Gasteiger partial charge on any atom is 0.325 e. The summed E-state index contributed by atoms with van der Waals surface area (Å²) in [6.45, 7) is 6.86. The molecule has 0 aliphatic carbocycles. The molecule has 1 aliphatic rings. The molecule has 0 radical (unpaired) electrons. The fourth-order valence-electron chi connectivity index (χ4n) is 2.70. The van der Waals surface area contributed by atoms with Crippen LogP contribution in [0.5, 0.6) is 5.75 Å². The number of likely N-dealkylation sites (N-methyl/N-ethyl adjacent to an activating group) is 1. The molecule has 2 rings (SSSR count). The summed E-state index contributed by atoms with van der Waals surface area (Å²) < 4.78 is 5.72. The molecule has 0 unspecified atom stereocenters. The lowest BCUT2D eigenvalue weighted by Gasteiger charge is -2.21. The minimum atomic E-state index is -0.998. The van der Waals surface area contributed by atoms with E-state index in [4.69, 9.17) is 4.74 Å². The third-order valence-corrected chi connectivity index (χ3v) is 4.27. The Morgan fingerprint density at radius 2 is 1.83 bits per heavy atom. The molecule has 1 aliphatic heterocycles. The highest BCUT2D eigenvalue weighted by molar-refractivity contribution is 6.06. The van der Waals surface area contributed by atoms with Gasteiger partial charge in [0.2, 0.25) is 0 Å². The van der Waals surface area contributed by atoms with E-state index in [-0.39, 0.29) is 11.9 Å². The number of ether oxygens (including phenoxy) is 1. The Morgan fingerprint density at radius 3 is 2.35 bits per heavy atom. The molecule has 0 aromatic heterocycles. The molecule has 0 spiro atoms. The van der Waals surface area contributed by atoms with Crippen LogP contribution in [0.4, 0.5) is 4.79 Å². The predicted molar refractivity (Wildman–Crippen MR) is 89.3 cm³/mol. The zero-order chi connectivity index (χ0) is 17.0. The molecule has 126 valence electrons. The van der Waals surface area contributed by atoms with E-state index in [1.165, 1.54) is 19.9 Å². The fourth-order valence-corrected chi connectivity index (χ4v) is 2.70. The molecule has 0 saturated carbocycles. The first-order valence-electron chi connectivity index (χ1n) is 8.18. The van der Waals surface area contributed by atoms with Gasteiger partial charge in [0, 0.05) is 7.05 Å². The van der Waals surface area contributed by atoms with Crippen molar-refractivity contribution < 1.29 is 14.3 Å². The van der Waals surface area contributed by atoms with E-state index in [0.29, 0.717) is 6.61 Å². The lowest BCUT2D eigenvalue weighted by Crippen LogP contribution is -2.40. The second-order valence-corrected chi connectivity index (χ2v) is 6.68. The summed E-state index contributed by atoms with van der Waals surface area (Å²) in [6, 6.07) is 6.99. The van der Waals surface area contributed by atoms with Gasteiger partial charge in [0.1, 0.15) is 11.3 Å². The van der Waals surface area contributed by atoms with Crippen LogP contribution in [-0.2, 0) is 10.3 Å². The number of hydrogen-bond donors (Lipinski definition) is 1. The van der Waals surface area contributed by atoms with Crippen LogP contribution >= 0.6 is 0 Å². The number of hydrogen-bond acceptors (Lipinski definition) is 3. The summed E-state index contributed by atoms with van der Waals surface area (Å²) in [6.07, 6.45) is 3.42. The normalized spacial score (nSPS) is 21.0. The first kappa shape index (κ1) is 17.3. The first-order chi connectivity index (χ1) is 10.8. The Balaban J connectivity index is 1.92. The summed E-state index contributed by atoms with van der Waals surface area (Å²) in [5.74, 6) is 1.27. The maximum absolute atomic E-state index is 12.2. The molecule has 0 bridgehead atoms. The van der Waals surface area contributed by atoms with Gasteiger partial charge in [-0.05, 0) is 43.4 Å². The van der Waals surface area contributed by atoms with Gasteiger partial charge >= 0.3 is 6.03 Å². The SMILES string of the molecule is CC(C)CCCCOc1ccc([C@]2(C)NC(=O)N(C)C2=O)cc1. The van der Waals surface area contributed by atoms with E-state index in [0.717, 1.165) is 28.6 Å². The Morgan fingerprint density at radius 1 is 1.17 bits per heavy atom. The second-order valence-electron chi connectivity index (χ2n) is 6.68. The van der Waals surface area contributed by atoms with Crippen molar-refractivity contribution in [2.75, 3.05) is 13.7 Å². The Kier molecular flexibility index (Phi) is 5.29. The highest BCUT2D eigenvalue weighted by Gasteiger charge is 2.47. The standard InChI is InChI=1S/C18H26N2O3/c1-13(2)7-5-6-12-23-15-10-8-14(9-11-15)18(3)16(21)20(4)17(22)19-18/h8-11,13H,5-7,12H2,1-4H3,(H,19,22)/t18-/m0/s1. The van der Waals surface area contributed by atoms with Crippen molar-refractivity contribution in [1.29, 1.82) is 0 Å². The average molecular weight is 318 g/mol. The van der Waals surface area contributed by atoms with E-state index in [2.05, 4.69) is 19.2 Å². The van der Waals surface area contributed by atoms with E-state index in [9.17, 15) is 9.59 Å². The highest BCUT2D eigenvalue weighted by atomic mass is 16.5. The number of carbonyl (C=O) groups excluding carboxylic acids is 2. The number of carbonyl (C=O) groups is 2. The fraction of sp³-hybridized carbons (Fsp3) is 0.556. The first-order valence-corrected chi connectivity index (χ1v) is 8.18. The number of nitrogens with one attached hydrogen (secondary N) is 1. The van der Waals surface area contributed by atoms with E-state index < -0.39 is 5.54 Å². The molecule has 1 fully saturated rings. The second kappa shape index (κ2) is 7.02. The summed E-state index contributed by atoms with van der Waals surface area (Å²) in [7, 11) is 1.48. The van der Waals surface area contributed by atoms with Gasteiger partial charge in [0.15, 0.2) is 0 Å². The van der Waals surface area contributed by atoms with Crippen molar-refractivity contribution in [2.45, 2.75) is 45.6 Å². The molecule has 5 heteroatoms. The predicted octanol–water partition coefficient (Wildman–Crippen LogP) is 3.29. The van der Waals surface area contributed by atoms with Crippen molar-refractivity contribution in [3.8, 4) is 5.75 Å². The largest absolute Gasteiger partial charge is 0.494 e. The Bertz CT molecular complexity index is 568. The van der Waals surface area contributed by atoms with Crippen LogP contribution in [0, 0.1) is 5.92 Å². The molecule has 1 saturated heterocycles. The van der Waals surface area contributed by atoms with Crippen molar-refractivity contribution in [1.82, 2.24) is 10.2 Å². The van der Waals surface area contributed by atoms with Crippen molar-refractivity contribution >= 4 is 11.9 Å². The Labute approximate surface area is 138 Å². The van der Waals surface area contributed by atoms with Gasteiger partial charge in [-0.3, -0.25) is 9.69 Å². The van der Waals surface area contributed by atoms with Crippen molar-refractivity contribution in [3.05, 3.63) is 29.8 Å². The minimum absolute atomic E-state index is 0.246. The van der Waals surface area contributed by atoms with Crippen molar-refractivity contribution in [2.24, 2.45) is 5.92 Å². The molecule has 3 amide bonds. The third-order valence-electron chi connectivity index (χ3n) is 4.27. The van der Waals surface area contributed by atoms with Crippen LogP contribution in [-0.4, -0.2) is 30.5 Å². The maximum atomic E-state index is 12.2. The third kappa shape index (κ3) is 3.84. The van der Waals surface area contributed by atoms with Gasteiger partial charge in [-0.2, -0.15) is 0 Å². The number of imide groups is 1. The Hall–Kier alpha value is -2.04. The average Bonchev–Trinajstić information content (AvgIpc) is 2.71. The lowest BCUT2D eigenvalue weighted by molar-refractivity contribution is -0.130. The molecule has 1 atom stereocenters. The molecular weight excluding hydrogens is 292 g/mol. The van der Waals surface area contributed by atoms with E-state index in [1.54, 1.807) is 6.92 Å². The van der Waals surface area contributed by atoms with Crippen LogP contribution in [0.3, 0.4) is 0 Å². The number of rotatable bonds is 7. The van der Waals surface area contributed by atoms with E-state index in [1.807, 2.05) is 24.3 Å². The van der Waals surface area contributed by atoms with Gasteiger partial charge in [0.25, 0.3) is 5.91 Å². The number of urea groups is 1. The summed E-state index contributed by atoms with van der Waals surface area (Å²) in [5.41, 5.74) is -0.242.